The molecule has 1 atom stereocenters. The predicted molar refractivity (Wildman–Crippen MR) is 76.9 cm³/mol. The molecule has 0 aliphatic carbocycles. The molecule has 1 heterocycles. The van der Waals surface area contributed by atoms with E-state index in [9.17, 15) is 4.39 Å². The average molecular weight is 429 g/mol. The number of halogens is 4. The largest absolute Gasteiger partial charge is 0.207 e. The highest BCUT2D eigenvalue weighted by molar-refractivity contribution is 9.11. The third-order valence-electron chi connectivity index (χ3n) is 2.07. The van der Waals surface area contributed by atoms with E-state index < -0.39 is 0 Å². The minimum absolute atomic E-state index is 0.00822. The first kappa shape index (κ1) is 12.7. The van der Waals surface area contributed by atoms with Crippen LogP contribution in [-0.2, 0) is 0 Å². The molecule has 0 radical (unpaired) electrons. The van der Waals surface area contributed by atoms with Gasteiger partial charge in [0.15, 0.2) is 0 Å². The molecule has 0 nitrogen and oxygen atoms in total. The van der Waals surface area contributed by atoms with E-state index in [2.05, 4.69) is 47.8 Å². The predicted octanol–water partition coefficient (Wildman–Crippen LogP) is 5.90. The monoisotopic (exact) mass is 426 g/mol. The first-order valence-corrected chi connectivity index (χ1v) is 7.74. The van der Waals surface area contributed by atoms with E-state index >= 15 is 0 Å². The van der Waals surface area contributed by atoms with E-state index in [4.69, 9.17) is 0 Å². The number of benzene rings is 1. The average Bonchev–Trinajstić information content (AvgIpc) is 2.67. The smallest absolute Gasteiger partial charge is 0.123 e. The van der Waals surface area contributed by atoms with Crippen molar-refractivity contribution >= 4 is 59.1 Å². The minimum Gasteiger partial charge on any atom is -0.207 e. The number of thiophene rings is 1. The zero-order chi connectivity index (χ0) is 11.7. The third kappa shape index (κ3) is 2.75. The van der Waals surface area contributed by atoms with Crippen LogP contribution < -0.4 is 0 Å². The first-order valence-electron chi connectivity index (χ1n) is 4.42. The second-order valence-corrected chi connectivity index (χ2v) is 7.43. The second-order valence-electron chi connectivity index (χ2n) is 3.17. The van der Waals surface area contributed by atoms with Gasteiger partial charge < -0.3 is 0 Å². The fourth-order valence-corrected chi connectivity index (χ4v) is 4.34. The van der Waals surface area contributed by atoms with Gasteiger partial charge in [0.25, 0.3) is 0 Å². The van der Waals surface area contributed by atoms with Crippen LogP contribution in [0.3, 0.4) is 0 Å². The quantitative estimate of drug-likeness (QED) is 0.522. The zero-order valence-electron chi connectivity index (χ0n) is 7.88. The van der Waals surface area contributed by atoms with E-state index in [1.54, 1.807) is 17.4 Å². The summed E-state index contributed by atoms with van der Waals surface area (Å²) in [6.45, 7) is 0. The maximum absolute atomic E-state index is 13.2. The molecule has 0 aliphatic rings. The molecule has 0 N–H and O–H groups in total. The fraction of sp³-hybridized carbons (Fsp3) is 0.0909. The lowest BCUT2D eigenvalue weighted by atomic mass is 10.1. The van der Waals surface area contributed by atoms with Gasteiger partial charge in [0.2, 0.25) is 0 Å². The molecule has 84 valence electrons. The van der Waals surface area contributed by atoms with Crippen molar-refractivity contribution in [3.63, 3.8) is 0 Å². The van der Waals surface area contributed by atoms with Crippen molar-refractivity contribution in [1.82, 2.24) is 0 Å². The third-order valence-corrected chi connectivity index (χ3v) is 5.78. The Morgan fingerprint density at radius 3 is 2.50 bits per heavy atom. The van der Waals surface area contributed by atoms with E-state index in [0.29, 0.717) is 0 Å². The molecule has 5 heteroatoms. The SMILES string of the molecule is Fc1ccc(Br)c(C(Br)c2ccc(Br)s2)c1. The van der Waals surface area contributed by atoms with Crippen LogP contribution in [0.1, 0.15) is 15.3 Å². The van der Waals surface area contributed by atoms with Gasteiger partial charge in [0.1, 0.15) is 5.82 Å². The zero-order valence-corrected chi connectivity index (χ0v) is 13.5. The number of hydrogen-bond donors (Lipinski definition) is 0. The standard InChI is InChI=1S/C11H6Br3FS/c12-8-2-1-6(15)5-7(8)11(14)9-3-4-10(13)16-9/h1-5,11H. The minimum atomic E-state index is -0.224. The van der Waals surface area contributed by atoms with Crippen molar-refractivity contribution in [2.75, 3.05) is 0 Å². The van der Waals surface area contributed by atoms with Gasteiger partial charge in [0, 0.05) is 9.35 Å². The molecule has 1 aromatic heterocycles. The summed E-state index contributed by atoms with van der Waals surface area (Å²) in [6.07, 6.45) is 0. The summed E-state index contributed by atoms with van der Waals surface area (Å²) >= 11 is 12.1. The number of hydrogen-bond acceptors (Lipinski definition) is 1. The summed E-state index contributed by atoms with van der Waals surface area (Å²) in [4.78, 5) is 1.15. The van der Waals surface area contributed by atoms with Crippen LogP contribution >= 0.6 is 59.1 Å². The van der Waals surface area contributed by atoms with Crippen LogP contribution in [0.2, 0.25) is 0 Å². The van der Waals surface area contributed by atoms with Gasteiger partial charge in [-0.15, -0.1) is 11.3 Å². The second kappa shape index (κ2) is 5.29. The highest BCUT2D eigenvalue weighted by atomic mass is 79.9. The molecule has 2 aromatic rings. The Bertz CT molecular complexity index is 510. The van der Waals surface area contributed by atoms with Crippen molar-refractivity contribution in [3.05, 3.63) is 54.8 Å². The van der Waals surface area contributed by atoms with Crippen LogP contribution in [-0.4, -0.2) is 0 Å². The van der Waals surface area contributed by atoms with Crippen molar-refractivity contribution < 1.29 is 4.39 Å². The summed E-state index contributed by atoms with van der Waals surface area (Å²) in [7, 11) is 0. The normalized spacial score (nSPS) is 12.8. The summed E-state index contributed by atoms with van der Waals surface area (Å²) < 4.78 is 15.2. The highest BCUT2D eigenvalue weighted by Crippen LogP contribution is 2.39. The fourth-order valence-electron chi connectivity index (χ4n) is 1.33. The molecule has 1 aromatic carbocycles. The van der Waals surface area contributed by atoms with E-state index in [-0.39, 0.29) is 10.6 Å². The van der Waals surface area contributed by atoms with Gasteiger partial charge in [-0.2, -0.15) is 0 Å². The Hall–Kier alpha value is 0.290. The van der Waals surface area contributed by atoms with Gasteiger partial charge >= 0.3 is 0 Å². The molecule has 0 bridgehead atoms. The van der Waals surface area contributed by atoms with Gasteiger partial charge in [-0.1, -0.05) is 31.9 Å². The summed E-state index contributed by atoms with van der Waals surface area (Å²) in [5.74, 6) is -0.224. The van der Waals surface area contributed by atoms with Crippen molar-refractivity contribution in [2.45, 2.75) is 4.83 Å². The summed E-state index contributed by atoms with van der Waals surface area (Å²) in [5, 5.41) is 0. The van der Waals surface area contributed by atoms with Crippen LogP contribution in [0.15, 0.2) is 38.6 Å². The Morgan fingerprint density at radius 2 is 1.88 bits per heavy atom. The molecule has 0 fully saturated rings. The molecule has 16 heavy (non-hydrogen) atoms. The number of alkyl halides is 1. The molecule has 0 aliphatic heterocycles. The summed E-state index contributed by atoms with van der Waals surface area (Å²) in [6, 6.07) is 8.71. The van der Waals surface area contributed by atoms with Crippen LogP contribution in [0.5, 0.6) is 0 Å². The van der Waals surface area contributed by atoms with Crippen LogP contribution in [0.25, 0.3) is 0 Å². The Balaban J connectivity index is 2.40. The topological polar surface area (TPSA) is 0 Å². The Morgan fingerprint density at radius 1 is 1.12 bits per heavy atom. The van der Waals surface area contributed by atoms with Crippen LogP contribution in [0.4, 0.5) is 4.39 Å². The van der Waals surface area contributed by atoms with Crippen molar-refractivity contribution in [3.8, 4) is 0 Å². The molecular weight excluding hydrogens is 423 g/mol. The lowest BCUT2D eigenvalue weighted by Crippen LogP contribution is -1.92. The molecule has 0 saturated heterocycles. The Kier molecular flexibility index (Phi) is 4.21. The molecular formula is C11H6Br3FS. The van der Waals surface area contributed by atoms with Gasteiger partial charge in [-0.3, -0.25) is 0 Å². The van der Waals surface area contributed by atoms with E-state index in [0.717, 1.165) is 18.7 Å². The molecule has 0 amide bonds. The van der Waals surface area contributed by atoms with Crippen LogP contribution in [0, 0.1) is 5.82 Å². The van der Waals surface area contributed by atoms with Gasteiger partial charge in [0.05, 0.1) is 8.61 Å². The first-order chi connectivity index (χ1) is 7.58. The summed E-state index contributed by atoms with van der Waals surface area (Å²) in [5.41, 5.74) is 0.898. The van der Waals surface area contributed by atoms with Gasteiger partial charge in [-0.25, -0.2) is 4.39 Å². The lowest BCUT2D eigenvalue weighted by molar-refractivity contribution is 0.625. The highest BCUT2D eigenvalue weighted by Gasteiger charge is 2.16. The molecule has 0 spiro atoms. The Labute approximate surface area is 122 Å². The van der Waals surface area contributed by atoms with Gasteiger partial charge in [-0.05, 0) is 51.8 Å². The molecule has 1 unspecified atom stereocenters. The van der Waals surface area contributed by atoms with Crippen molar-refractivity contribution in [2.24, 2.45) is 0 Å². The van der Waals surface area contributed by atoms with Crippen molar-refractivity contribution in [1.29, 1.82) is 0 Å². The maximum atomic E-state index is 13.2. The molecule has 0 saturated carbocycles. The molecule has 2 rings (SSSR count). The number of rotatable bonds is 2. The maximum Gasteiger partial charge on any atom is 0.123 e. The van der Waals surface area contributed by atoms with E-state index in [1.807, 2.05) is 12.1 Å². The van der Waals surface area contributed by atoms with E-state index in [1.165, 1.54) is 12.1 Å². The lowest BCUT2D eigenvalue weighted by Gasteiger charge is -2.10.